The number of hydrogen-bond donors (Lipinski definition) is 1. The van der Waals surface area contributed by atoms with Gasteiger partial charge in [-0.3, -0.25) is 0 Å². The van der Waals surface area contributed by atoms with Crippen LogP contribution in [0, 0.1) is 5.82 Å². The minimum atomic E-state index is -0.247. The second kappa shape index (κ2) is 6.59. The molecule has 132 valence electrons. The van der Waals surface area contributed by atoms with Crippen LogP contribution in [0.3, 0.4) is 0 Å². The van der Waals surface area contributed by atoms with Gasteiger partial charge < -0.3 is 5.32 Å². The monoisotopic (exact) mass is 373 g/mol. The van der Waals surface area contributed by atoms with Crippen molar-refractivity contribution in [3.63, 3.8) is 0 Å². The molecular weight excluding hydrogens is 357 g/mol. The summed E-state index contributed by atoms with van der Waals surface area (Å²) in [7, 11) is 0. The van der Waals surface area contributed by atoms with E-state index < -0.39 is 0 Å². The van der Waals surface area contributed by atoms with E-state index >= 15 is 0 Å². The van der Waals surface area contributed by atoms with E-state index in [9.17, 15) is 4.39 Å². The fraction of sp³-hybridized carbons (Fsp3) is 0.0455. The van der Waals surface area contributed by atoms with Crippen molar-refractivity contribution >= 4 is 17.4 Å². The minimum Gasteiger partial charge on any atom is -0.368 e. The van der Waals surface area contributed by atoms with Gasteiger partial charge >= 0.3 is 0 Å². The summed E-state index contributed by atoms with van der Waals surface area (Å²) in [5.41, 5.74) is 4.96. The standard InChI is InChI=1S/C22H16FN3S/c23-16-12-10-15(11-13-16)21-18(14-26(25-21)17-6-2-1-3-7-17)22-24-19-8-4-5-9-20(19)27-22/h1-14,22,24H. The van der Waals surface area contributed by atoms with E-state index in [0.717, 1.165) is 28.2 Å². The van der Waals surface area contributed by atoms with Crippen molar-refractivity contribution in [1.29, 1.82) is 0 Å². The lowest BCUT2D eigenvalue weighted by atomic mass is 10.1. The predicted octanol–water partition coefficient (Wildman–Crippen LogP) is 5.89. The van der Waals surface area contributed by atoms with Crippen molar-refractivity contribution in [1.82, 2.24) is 9.78 Å². The van der Waals surface area contributed by atoms with Gasteiger partial charge in [0.15, 0.2) is 0 Å². The second-order valence-corrected chi connectivity index (χ2v) is 7.51. The van der Waals surface area contributed by atoms with Gasteiger partial charge in [0.05, 0.1) is 11.4 Å². The summed E-state index contributed by atoms with van der Waals surface area (Å²) in [5, 5.41) is 8.46. The van der Waals surface area contributed by atoms with Crippen LogP contribution in [-0.2, 0) is 0 Å². The highest BCUT2D eigenvalue weighted by atomic mass is 32.2. The number of rotatable bonds is 3. The molecule has 1 atom stereocenters. The van der Waals surface area contributed by atoms with E-state index in [0.29, 0.717) is 0 Å². The molecule has 0 fully saturated rings. The van der Waals surface area contributed by atoms with Crippen molar-refractivity contribution in [3.05, 3.63) is 96.4 Å². The highest BCUT2D eigenvalue weighted by molar-refractivity contribution is 8.00. The van der Waals surface area contributed by atoms with E-state index in [-0.39, 0.29) is 11.2 Å². The highest BCUT2D eigenvalue weighted by Gasteiger charge is 2.27. The van der Waals surface area contributed by atoms with Gasteiger partial charge in [-0.05, 0) is 48.5 Å². The van der Waals surface area contributed by atoms with Crippen LogP contribution in [0.2, 0.25) is 0 Å². The zero-order valence-corrected chi connectivity index (χ0v) is 15.2. The molecule has 0 radical (unpaired) electrons. The average molecular weight is 373 g/mol. The lowest BCUT2D eigenvalue weighted by Crippen LogP contribution is -2.01. The van der Waals surface area contributed by atoms with Crippen molar-refractivity contribution in [2.75, 3.05) is 5.32 Å². The average Bonchev–Trinajstić information content (AvgIpc) is 3.33. The Kier molecular flexibility index (Phi) is 3.94. The van der Waals surface area contributed by atoms with Crippen LogP contribution in [0.1, 0.15) is 10.9 Å². The lowest BCUT2D eigenvalue weighted by Gasteiger charge is -2.10. The van der Waals surface area contributed by atoms with Gasteiger partial charge in [0, 0.05) is 27.9 Å². The Hall–Kier alpha value is -3.05. The topological polar surface area (TPSA) is 29.9 Å². The molecule has 5 rings (SSSR count). The first kappa shape index (κ1) is 16.1. The zero-order valence-electron chi connectivity index (χ0n) is 14.3. The Morgan fingerprint density at radius 3 is 2.41 bits per heavy atom. The molecule has 0 amide bonds. The highest BCUT2D eigenvalue weighted by Crippen LogP contribution is 2.48. The normalized spacial score (nSPS) is 15.4. The molecule has 3 aromatic carbocycles. The maximum atomic E-state index is 13.4. The molecule has 1 N–H and O–H groups in total. The third-order valence-corrected chi connectivity index (χ3v) is 5.80. The van der Waals surface area contributed by atoms with Gasteiger partial charge in [0.2, 0.25) is 0 Å². The number of anilines is 1. The van der Waals surface area contributed by atoms with Gasteiger partial charge in [-0.15, -0.1) is 0 Å². The molecule has 0 spiro atoms. The number of nitrogens with zero attached hydrogens (tertiary/aromatic N) is 2. The lowest BCUT2D eigenvalue weighted by molar-refractivity contribution is 0.628. The molecule has 1 aromatic heterocycles. The van der Waals surface area contributed by atoms with Crippen molar-refractivity contribution in [2.24, 2.45) is 0 Å². The number of benzene rings is 3. The van der Waals surface area contributed by atoms with Crippen molar-refractivity contribution in [3.8, 4) is 16.9 Å². The van der Waals surface area contributed by atoms with Gasteiger partial charge in [0.1, 0.15) is 11.2 Å². The van der Waals surface area contributed by atoms with Crippen LogP contribution in [0.4, 0.5) is 10.1 Å². The molecule has 0 saturated heterocycles. The third kappa shape index (κ3) is 3.00. The molecule has 2 heterocycles. The second-order valence-electron chi connectivity index (χ2n) is 6.36. The summed E-state index contributed by atoms with van der Waals surface area (Å²) >= 11 is 1.77. The Balaban J connectivity index is 1.61. The summed E-state index contributed by atoms with van der Waals surface area (Å²) in [4.78, 5) is 1.22. The molecule has 3 nitrogen and oxygen atoms in total. The minimum absolute atomic E-state index is 0.0555. The fourth-order valence-corrected chi connectivity index (χ4v) is 4.40. The van der Waals surface area contributed by atoms with E-state index in [4.69, 9.17) is 5.10 Å². The fourth-order valence-electron chi connectivity index (χ4n) is 3.25. The summed E-state index contributed by atoms with van der Waals surface area (Å²) in [6.45, 7) is 0. The third-order valence-electron chi connectivity index (χ3n) is 4.58. The molecule has 1 aliphatic heterocycles. The molecule has 0 aliphatic carbocycles. The smallest absolute Gasteiger partial charge is 0.123 e. The molecule has 5 heteroatoms. The summed E-state index contributed by atoms with van der Waals surface area (Å²) in [6.07, 6.45) is 2.06. The largest absolute Gasteiger partial charge is 0.368 e. The van der Waals surface area contributed by atoms with Gasteiger partial charge in [-0.2, -0.15) is 5.10 Å². The van der Waals surface area contributed by atoms with Crippen LogP contribution in [-0.4, -0.2) is 9.78 Å². The summed E-state index contributed by atoms with van der Waals surface area (Å²) in [5.74, 6) is -0.247. The molecule has 4 aromatic rings. The maximum Gasteiger partial charge on any atom is 0.123 e. The maximum absolute atomic E-state index is 13.4. The number of para-hydroxylation sites is 2. The SMILES string of the molecule is Fc1ccc(-c2nn(-c3ccccc3)cc2C2Nc3ccccc3S2)cc1. The number of thioether (sulfide) groups is 1. The van der Waals surface area contributed by atoms with E-state index in [1.165, 1.54) is 17.0 Å². The van der Waals surface area contributed by atoms with Crippen LogP contribution < -0.4 is 5.32 Å². The van der Waals surface area contributed by atoms with E-state index in [2.05, 4.69) is 23.6 Å². The number of nitrogens with one attached hydrogen (secondary N) is 1. The van der Waals surface area contributed by atoms with Gasteiger partial charge in [-0.1, -0.05) is 42.1 Å². The number of hydrogen-bond acceptors (Lipinski definition) is 3. The van der Waals surface area contributed by atoms with Gasteiger partial charge in [0.25, 0.3) is 0 Å². The number of halogens is 1. The van der Waals surface area contributed by atoms with Crippen LogP contribution >= 0.6 is 11.8 Å². The van der Waals surface area contributed by atoms with Crippen LogP contribution in [0.25, 0.3) is 16.9 Å². The van der Waals surface area contributed by atoms with E-state index in [1.807, 2.05) is 47.1 Å². The number of fused-ring (bicyclic) bond motifs is 1. The molecule has 0 saturated carbocycles. The number of aromatic nitrogens is 2. The summed E-state index contributed by atoms with van der Waals surface area (Å²) in [6, 6.07) is 24.8. The van der Waals surface area contributed by atoms with Gasteiger partial charge in [-0.25, -0.2) is 9.07 Å². The van der Waals surface area contributed by atoms with Crippen molar-refractivity contribution in [2.45, 2.75) is 10.3 Å². The van der Waals surface area contributed by atoms with E-state index in [1.54, 1.807) is 23.9 Å². The quantitative estimate of drug-likeness (QED) is 0.485. The molecule has 0 bridgehead atoms. The van der Waals surface area contributed by atoms with Crippen LogP contribution in [0.15, 0.2) is 90.0 Å². The molecule has 27 heavy (non-hydrogen) atoms. The molecule has 1 unspecified atom stereocenters. The van der Waals surface area contributed by atoms with Crippen LogP contribution in [0.5, 0.6) is 0 Å². The Labute approximate surface area is 160 Å². The molecular formula is C22H16FN3S. The predicted molar refractivity (Wildman–Crippen MR) is 108 cm³/mol. The first-order chi connectivity index (χ1) is 13.3. The first-order valence-electron chi connectivity index (χ1n) is 8.71. The first-order valence-corrected chi connectivity index (χ1v) is 9.59. The Morgan fingerprint density at radius 2 is 1.63 bits per heavy atom. The zero-order chi connectivity index (χ0) is 18.2. The Bertz CT molecular complexity index is 1070. The Morgan fingerprint density at radius 1 is 0.889 bits per heavy atom. The summed E-state index contributed by atoms with van der Waals surface area (Å²) < 4.78 is 15.3. The molecule has 1 aliphatic rings. The van der Waals surface area contributed by atoms with Crippen molar-refractivity contribution < 1.29 is 4.39 Å².